The number of rotatable bonds is 5. The molecule has 2 aromatic rings. The molecule has 0 saturated carbocycles. The van der Waals surface area contributed by atoms with E-state index in [1.807, 2.05) is 18.4 Å². The van der Waals surface area contributed by atoms with Crippen molar-refractivity contribution in [2.75, 3.05) is 30.4 Å². The minimum absolute atomic E-state index is 0.132. The van der Waals surface area contributed by atoms with Gasteiger partial charge in [0.15, 0.2) is 0 Å². The summed E-state index contributed by atoms with van der Waals surface area (Å²) in [5.41, 5.74) is 5.21. The van der Waals surface area contributed by atoms with Gasteiger partial charge in [-0.15, -0.1) is 11.3 Å². The number of nitrogens with two attached hydrogens (primary N) is 1. The Morgan fingerprint density at radius 1 is 1.56 bits per heavy atom. The molecule has 18 heavy (non-hydrogen) atoms. The molecule has 0 saturated heterocycles. The number of hydrogen-bond donors (Lipinski definition) is 2. The summed E-state index contributed by atoms with van der Waals surface area (Å²) in [5.74, 6) is 0.902. The van der Waals surface area contributed by atoms with Crippen LogP contribution in [0.2, 0.25) is 0 Å². The van der Waals surface area contributed by atoms with Crippen LogP contribution >= 0.6 is 11.3 Å². The fraction of sp³-hybridized carbons (Fsp3) is 0.364. The Kier molecular flexibility index (Phi) is 3.61. The van der Waals surface area contributed by atoms with E-state index in [0.717, 1.165) is 22.6 Å². The van der Waals surface area contributed by atoms with E-state index >= 15 is 0 Å². The van der Waals surface area contributed by atoms with Gasteiger partial charge < -0.3 is 16.0 Å². The van der Waals surface area contributed by atoms with E-state index in [9.17, 15) is 4.79 Å². The maximum Gasteiger partial charge on any atom is 0.236 e. The van der Waals surface area contributed by atoms with Gasteiger partial charge in [-0.1, -0.05) is 0 Å². The van der Waals surface area contributed by atoms with E-state index in [1.165, 1.54) is 0 Å². The van der Waals surface area contributed by atoms with Crippen LogP contribution in [0.5, 0.6) is 0 Å². The van der Waals surface area contributed by atoms with Gasteiger partial charge in [-0.2, -0.15) is 4.98 Å². The Balaban J connectivity index is 2.45. The third-order valence-electron chi connectivity index (χ3n) is 2.39. The molecule has 7 heteroatoms. The molecule has 2 aromatic heterocycles. The molecule has 0 bridgehead atoms. The Bertz CT molecular complexity index is 568. The smallest absolute Gasteiger partial charge is 0.236 e. The normalized spacial score (nSPS) is 10.6. The second-order valence-electron chi connectivity index (χ2n) is 3.86. The van der Waals surface area contributed by atoms with E-state index in [4.69, 9.17) is 5.73 Å². The van der Waals surface area contributed by atoms with Crippen molar-refractivity contribution in [3.05, 3.63) is 11.4 Å². The van der Waals surface area contributed by atoms with Crippen LogP contribution in [0, 0.1) is 0 Å². The monoisotopic (exact) mass is 265 g/mol. The van der Waals surface area contributed by atoms with Crippen LogP contribution in [-0.2, 0) is 4.79 Å². The van der Waals surface area contributed by atoms with Crippen LogP contribution in [0.15, 0.2) is 11.4 Å². The van der Waals surface area contributed by atoms with Crippen molar-refractivity contribution in [3.8, 4) is 0 Å². The minimum atomic E-state index is -0.385. The Morgan fingerprint density at radius 2 is 2.33 bits per heavy atom. The number of thiophene rings is 1. The zero-order valence-electron chi connectivity index (χ0n) is 10.3. The summed E-state index contributed by atoms with van der Waals surface area (Å²) in [4.78, 5) is 22.4. The summed E-state index contributed by atoms with van der Waals surface area (Å²) < 4.78 is 0. The van der Waals surface area contributed by atoms with E-state index in [-0.39, 0.29) is 12.5 Å². The molecule has 96 valence electrons. The molecule has 2 heterocycles. The summed E-state index contributed by atoms with van der Waals surface area (Å²) in [6.07, 6.45) is 0. The number of fused-ring (bicyclic) bond motifs is 1. The Hall–Kier alpha value is -1.89. The number of nitrogens with zero attached hydrogens (tertiary/aromatic N) is 3. The predicted molar refractivity (Wildman–Crippen MR) is 74.0 cm³/mol. The van der Waals surface area contributed by atoms with Crippen molar-refractivity contribution in [3.63, 3.8) is 0 Å². The number of carbonyl (C=O) groups is 1. The summed E-state index contributed by atoms with van der Waals surface area (Å²) in [7, 11) is 1.79. The molecule has 0 unspecified atom stereocenters. The Labute approximate surface area is 109 Å². The lowest BCUT2D eigenvalue weighted by Gasteiger charge is -2.17. The summed E-state index contributed by atoms with van der Waals surface area (Å²) >= 11 is 1.54. The van der Waals surface area contributed by atoms with E-state index in [0.29, 0.717) is 5.95 Å². The van der Waals surface area contributed by atoms with Crippen LogP contribution in [0.3, 0.4) is 0 Å². The fourth-order valence-electron chi connectivity index (χ4n) is 1.68. The van der Waals surface area contributed by atoms with Crippen LogP contribution in [0.1, 0.15) is 6.92 Å². The lowest BCUT2D eigenvalue weighted by atomic mass is 10.3. The molecule has 0 aliphatic carbocycles. The van der Waals surface area contributed by atoms with Crippen molar-refractivity contribution in [1.29, 1.82) is 0 Å². The van der Waals surface area contributed by atoms with Crippen molar-refractivity contribution in [2.24, 2.45) is 5.73 Å². The largest absolute Gasteiger partial charge is 0.368 e. The molecule has 3 N–H and O–H groups in total. The topological polar surface area (TPSA) is 84.1 Å². The average Bonchev–Trinajstić information content (AvgIpc) is 2.75. The van der Waals surface area contributed by atoms with Crippen molar-refractivity contribution in [2.45, 2.75) is 6.92 Å². The van der Waals surface area contributed by atoms with Crippen LogP contribution in [0.25, 0.3) is 10.2 Å². The summed E-state index contributed by atoms with van der Waals surface area (Å²) in [5, 5.41) is 5.97. The number of likely N-dealkylation sites (N-methyl/N-ethyl adjacent to an activating group) is 1. The first-order valence-electron chi connectivity index (χ1n) is 5.60. The van der Waals surface area contributed by atoms with Gasteiger partial charge >= 0.3 is 0 Å². The first-order valence-corrected chi connectivity index (χ1v) is 6.48. The van der Waals surface area contributed by atoms with Gasteiger partial charge in [-0.25, -0.2) is 4.98 Å². The van der Waals surface area contributed by atoms with Gasteiger partial charge in [-0.3, -0.25) is 4.79 Å². The van der Waals surface area contributed by atoms with Gasteiger partial charge in [0.25, 0.3) is 0 Å². The standard InChI is InChI=1S/C11H15N5OS/c1-3-13-11-14-9(16(2)6-8(12)17)7-4-5-18-10(7)15-11/h4-5H,3,6H2,1-2H3,(H2,12,17)(H,13,14,15). The number of nitrogens with one attached hydrogen (secondary N) is 1. The van der Waals surface area contributed by atoms with Gasteiger partial charge in [-0.05, 0) is 18.4 Å². The number of carbonyl (C=O) groups excluding carboxylic acids is 1. The highest BCUT2D eigenvalue weighted by molar-refractivity contribution is 7.16. The molecule has 2 rings (SSSR count). The first kappa shape index (κ1) is 12.6. The third kappa shape index (κ3) is 2.51. The maximum atomic E-state index is 11.0. The highest BCUT2D eigenvalue weighted by atomic mass is 32.1. The third-order valence-corrected chi connectivity index (χ3v) is 3.20. The number of anilines is 2. The molecular weight excluding hydrogens is 250 g/mol. The molecule has 0 fully saturated rings. The van der Waals surface area contributed by atoms with Gasteiger partial charge in [0.2, 0.25) is 11.9 Å². The SMILES string of the molecule is CCNc1nc(N(C)CC(N)=O)c2ccsc2n1. The van der Waals surface area contributed by atoms with Crippen molar-refractivity contribution >= 4 is 39.2 Å². The number of primary amides is 1. The van der Waals surface area contributed by atoms with E-state index in [2.05, 4.69) is 15.3 Å². The predicted octanol–water partition coefficient (Wildman–Crippen LogP) is 1.04. The second kappa shape index (κ2) is 5.18. The number of aromatic nitrogens is 2. The highest BCUT2D eigenvalue weighted by Gasteiger charge is 2.13. The molecule has 6 nitrogen and oxygen atoms in total. The molecule has 0 radical (unpaired) electrons. The average molecular weight is 265 g/mol. The van der Waals surface area contributed by atoms with E-state index < -0.39 is 0 Å². The lowest BCUT2D eigenvalue weighted by molar-refractivity contribution is -0.116. The molecule has 0 aromatic carbocycles. The van der Waals surface area contributed by atoms with Gasteiger partial charge in [0.1, 0.15) is 10.6 Å². The zero-order chi connectivity index (χ0) is 13.1. The van der Waals surface area contributed by atoms with Crippen molar-refractivity contribution < 1.29 is 4.79 Å². The van der Waals surface area contributed by atoms with Crippen molar-refractivity contribution in [1.82, 2.24) is 9.97 Å². The van der Waals surface area contributed by atoms with Crippen LogP contribution in [-0.4, -0.2) is 36.0 Å². The maximum absolute atomic E-state index is 11.0. The molecule has 0 aliphatic heterocycles. The van der Waals surface area contributed by atoms with Crippen LogP contribution < -0.4 is 16.0 Å². The minimum Gasteiger partial charge on any atom is -0.368 e. The number of amides is 1. The summed E-state index contributed by atoms with van der Waals surface area (Å²) in [6, 6.07) is 1.95. The summed E-state index contributed by atoms with van der Waals surface area (Å²) in [6.45, 7) is 2.86. The van der Waals surface area contributed by atoms with Crippen LogP contribution in [0.4, 0.5) is 11.8 Å². The van der Waals surface area contributed by atoms with E-state index in [1.54, 1.807) is 23.3 Å². The molecule has 0 atom stereocenters. The quantitative estimate of drug-likeness (QED) is 0.844. The zero-order valence-corrected chi connectivity index (χ0v) is 11.1. The van der Waals surface area contributed by atoms with Gasteiger partial charge in [0.05, 0.1) is 11.9 Å². The number of hydrogen-bond acceptors (Lipinski definition) is 6. The van der Waals surface area contributed by atoms with Gasteiger partial charge in [0, 0.05) is 13.6 Å². The molecule has 0 spiro atoms. The molecular formula is C11H15N5OS. The Morgan fingerprint density at radius 3 is 3.00 bits per heavy atom. The lowest BCUT2D eigenvalue weighted by Crippen LogP contribution is -2.31. The molecule has 1 amide bonds. The fourth-order valence-corrected chi connectivity index (χ4v) is 2.44. The molecule has 0 aliphatic rings. The first-order chi connectivity index (χ1) is 8.61. The second-order valence-corrected chi connectivity index (χ2v) is 4.76. The highest BCUT2D eigenvalue weighted by Crippen LogP contribution is 2.28.